The average molecular weight is 772 g/mol. The van der Waals surface area contributed by atoms with Crippen LogP contribution < -0.4 is 15.4 Å². The zero-order valence-corrected chi connectivity index (χ0v) is 33.0. The lowest BCUT2D eigenvalue weighted by molar-refractivity contribution is -0.139. The predicted octanol–water partition coefficient (Wildman–Crippen LogP) is 5.25. The van der Waals surface area contributed by atoms with Crippen LogP contribution in [0.15, 0.2) is 67.3 Å². The van der Waals surface area contributed by atoms with Gasteiger partial charge in [0.05, 0.1) is 39.5 Å². The molecular weight excluding hydrogens is 711 g/mol. The smallest absolute Gasteiger partial charge is 0.407 e. The number of esters is 2. The molecule has 5 unspecified atom stereocenters. The van der Waals surface area contributed by atoms with Crippen LogP contribution in [0.2, 0.25) is 6.32 Å². The summed E-state index contributed by atoms with van der Waals surface area (Å²) < 4.78 is 43.9. The number of hydrogen-bond acceptors (Lipinski definition) is 12. The van der Waals surface area contributed by atoms with Crippen LogP contribution in [0, 0.1) is 17.3 Å². The maximum atomic E-state index is 12.4. The molecule has 0 saturated heterocycles. The number of methoxy groups -OCH3 is 1. The highest BCUT2D eigenvalue weighted by Gasteiger charge is 2.36. The minimum atomic E-state index is -0.673. The van der Waals surface area contributed by atoms with E-state index in [-0.39, 0.29) is 69.3 Å². The van der Waals surface area contributed by atoms with Crippen molar-refractivity contribution in [2.75, 3.05) is 73.0 Å². The second-order valence-electron chi connectivity index (χ2n) is 14.0. The summed E-state index contributed by atoms with van der Waals surface area (Å²) in [6.45, 7) is 18.1. The summed E-state index contributed by atoms with van der Waals surface area (Å²) in [4.78, 5) is 47.7. The zero-order chi connectivity index (χ0) is 40.5. The Kier molecular flexibility index (Phi) is 22.5. The van der Waals surface area contributed by atoms with Gasteiger partial charge in [-0.2, -0.15) is 0 Å². The Morgan fingerprint density at radius 1 is 0.891 bits per heavy atom. The molecule has 1 aromatic carbocycles. The molecule has 1 aliphatic carbocycles. The third kappa shape index (κ3) is 20.2. The maximum Gasteiger partial charge on any atom is 0.407 e. The molecule has 2 amide bonds. The largest absolute Gasteiger partial charge is 0.490 e. The van der Waals surface area contributed by atoms with Crippen molar-refractivity contribution >= 4 is 31.4 Å². The molecule has 0 spiro atoms. The van der Waals surface area contributed by atoms with Crippen LogP contribution >= 0.6 is 0 Å². The molecule has 15 heteroatoms. The normalized spacial score (nSPS) is 18.8. The van der Waals surface area contributed by atoms with E-state index in [1.807, 2.05) is 36.4 Å². The SMILES string of the molecule is C=CC1CC(C)(COCC(COC)OC(=O)NCCOC(=O)C(=C)C)CCC1CC[B]COCC(COc1ccccc1)OC(=O)NCCOC(=O)C(=C)C. The van der Waals surface area contributed by atoms with E-state index in [1.54, 1.807) is 13.8 Å². The van der Waals surface area contributed by atoms with Crippen LogP contribution in [-0.4, -0.2) is 117 Å². The fourth-order valence-corrected chi connectivity index (χ4v) is 5.84. The summed E-state index contributed by atoms with van der Waals surface area (Å²) in [7, 11) is 3.61. The first-order chi connectivity index (χ1) is 26.4. The highest BCUT2D eigenvalue weighted by Crippen LogP contribution is 2.44. The molecule has 14 nitrogen and oxygen atoms in total. The van der Waals surface area contributed by atoms with E-state index in [2.05, 4.69) is 44.6 Å². The van der Waals surface area contributed by atoms with Gasteiger partial charge in [0.2, 0.25) is 0 Å². The van der Waals surface area contributed by atoms with Crippen LogP contribution in [0.1, 0.15) is 46.5 Å². The monoisotopic (exact) mass is 771 g/mol. The molecule has 5 atom stereocenters. The Bertz CT molecular complexity index is 1360. The summed E-state index contributed by atoms with van der Waals surface area (Å²) in [5, 5.41) is 5.12. The predicted molar refractivity (Wildman–Crippen MR) is 208 cm³/mol. The molecule has 0 bridgehead atoms. The molecule has 1 aromatic rings. The number of hydrogen-bond donors (Lipinski definition) is 2. The molecular formula is C40H60BN2O12. The fourth-order valence-electron chi connectivity index (χ4n) is 5.84. The molecule has 0 heterocycles. The average Bonchev–Trinajstić information content (AvgIpc) is 3.15. The van der Waals surface area contributed by atoms with Gasteiger partial charge in [0.25, 0.3) is 0 Å². The summed E-state index contributed by atoms with van der Waals surface area (Å²) >= 11 is 0. The third-order valence-corrected chi connectivity index (χ3v) is 8.78. The first-order valence-corrected chi connectivity index (χ1v) is 18.7. The molecule has 1 fully saturated rings. The standard InChI is InChI=1S/C40H60BN2O12/c1-8-31-22-40(6,27-49-24-34(23-48-7)54-38(46)42-18-20-51-36(44)29(2)3)16-14-32(31)15-17-41-28-50-25-35(26-53-33-12-10-9-11-13-33)55-39(47)43-19-21-52-37(45)30(4)5/h8-13,31-32,34-35H,1-2,4,14-28H2,3,5-7H3,(H,42,46)(H,43,47). The highest BCUT2D eigenvalue weighted by atomic mass is 16.6. The number of carbonyl (C=O) groups excluding carboxylic acids is 4. The van der Waals surface area contributed by atoms with Crippen LogP contribution in [-0.2, 0) is 42.7 Å². The van der Waals surface area contributed by atoms with E-state index < -0.39 is 36.3 Å². The van der Waals surface area contributed by atoms with E-state index >= 15 is 0 Å². The van der Waals surface area contributed by atoms with Gasteiger partial charge in [0.15, 0.2) is 12.2 Å². The van der Waals surface area contributed by atoms with E-state index in [9.17, 15) is 19.2 Å². The van der Waals surface area contributed by atoms with Crippen molar-refractivity contribution in [1.82, 2.24) is 10.6 Å². The molecule has 0 aliphatic heterocycles. The molecule has 55 heavy (non-hydrogen) atoms. The number of benzene rings is 1. The number of carbonyl (C=O) groups is 4. The van der Waals surface area contributed by atoms with Gasteiger partial charge in [-0.1, -0.05) is 57.1 Å². The van der Waals surface area contributed by atoms with Gasteiger partial charge in [-0.25, -0.2) is 19.2 Å². The Balaban J connectivity index is 1.72. The number of amides is 2. The Hall–Kier alpha value is -4.34. The van der Waals surface area contributed by atoms with Crippen LogP contribution in [0.4, 0.5) is 9.59 Å². The van der Waals surface area contributed by atoms with Crippen molar-refractivity contribution in [3.8, 4) is 5.75 Å². The van der Waals surface area contributed by atoms with E-state index in [4.69, 9.17) is 37.9 Å². The van der Waals surface area contributed by atoms with Gasteiger partial charge >= 0.3 is 24.1 Å². The van der Waals surface area contributed by atoms with Crippen molar-refractivity contribution in [3.63, 3.8) is 0 Å². The van der Waals surface area contributed by atoms with Gasteiger partial charge in [-0.3, -0.25) is 0 Å². The number of allylic oxidation sites excluding steroid dienone is 1. The van der Waals surface area contributed by atoms with Gasteiger partial charge in [-0.15, -0.1) is 6.58 Å². The Morgan fingerprint density at radius 3 is 2.04 bits per heavy atom. The highest BCUT2D eigenvalue weighted by molar-refractivity contribution is 6.35. The number of rotatable bonds is 27. The molecule has 1 saturated carbocycles. The second kappa shape index (κ2) is 26.5. The Labute approximate surface area is 326 Å². The van der Waals surface area contributed by atoms with Crippen molar-refractivity contribution in [2.45, 2.75) is 65.0 Å². The minimum Gasteiger partial charge on any atom is -0.490 e. The van der Waals surface area contributed by atoms with Crippen LogP contribution in [0.25, 0.3) is 0 Å². The molecule has 1 aliphatic rings. The molecule has 2 rings (SSSR count). The van der Waals surface area contributed by atoms with Gasteiger partial charge in [0.1, 0.15) is 32.8 Å². The molecule has 1 radical (unpaired) electrons. The van der Waals surface area contributed by atoms with E-state index in [1.165, 1.54) is 7.11 Å². The number of para-hydroxylation sites is 1. The van der Waals surface area contributed by atoms with E-state index in [0.717, 1.165) is 32.0 Å². The van der Waals surface area contributed by atoms with Crippen molar-refractivity contribution in [3.05, 3.63) is 67.3 Å². The summed E-state index contributed by atoms with van der Waals surface area (Å²) in [5.41, 5.74) is 0.498. The van der Waals surface area contributed by atoms with Crippen molar-refractivity contribution in [1.29, 1.82) is 0 Å². The summed E-state index contributed by atoms with van der Waals surface area (Å²) in [6, 6.07) is 9.21. The van der Waals surface area contributed by atoms with Gasteiger partial charge < -0.3 is 48.5 Å². The first-order valence-electron chi connectivity index (χ1n) is 18.7. The van der Waals surface area contributed by atoms with Crippen molar-refractivity contribution in [2.24, 2.45) is 17.3 Å². The third-order valence-electron chi connectivity index (χ3n) is 8.78. The first kappa shape index (κ1) is 46.8. The number of ether oxygens (including phenoxy) is 8. The minimum absolute atomic E-state index is 0.00545. The van der Waals surface area contributed by atoms with Crippen LogP contribution in [0.5, 0.6) is 5.75 Å². The maximum absolute atomic E-state index is 12.4. The lowest BCUT2D eigenvalue weighted by Gasteiger charge is -2.42. The van der Waals surface area contributed by atoms with Crippen LogP contribution in [0.3, 0.4) is 0 Å². The zero-order valence-electron chi connectivity index (χ0n) is 33.0. The lowest BCUT2D eigenvalue weighted by atomic mass is 9.63. The van der Waals surface area contributed by atoms with E-state index in [0.29, 0.717) is 30.7 Å². The lowest BCUT2D eigenvalue weighted by Crippen LogP contribution is -2.38. The molecule has 2 N–H and O–H groups in total. The molecule has 0 aromatic heterocycles. The molecule has 305 valence electrons. The van der Waals surface area contributed by atoms with Gasteiger partial charge in [0, 0.05) is 24.8 Å². The van der Waals surface area contributed by atoms with Crippen molar-refractivity contribution < 1.29 is 57.1 Å². The van der Waals surface area contributed by atoms with Gasteiger partial charge in [-0.05, 0) is 62.5 Å². The number of nitrogens with one attached hydrogen (secondary N) is 2. The quantitative estimate of drug-likeness (QED) is 0.0299. The second-order valence-corrected chi connectivity index (χ2v) is 14.0. The Morgan fingerprint density at radius 2 is 1.47 bits per heavy atom. The fraction of sp³-hybridized carbons (Fsp3) is 0.600. The summed E-state index contributed by atoms with van der Waals surface area (Å²) in [6.07, 6.45) is 4.21. The number of alkyl carbamates (subject to hydrolysis) is 2. The summed E-state index contributed by atoms with van der Waals surface area (Å²) in [5.74, 6) is 0.388. The topological polar surface area (TPSA) is 166 Å².